The van der Waals surface area contributed by atoms with Crippen molar-refractivity contribution in [2.45, 2.75) is 6.42 Å². The number of carbonyl (C=O) groups is 2. The van der Waals surface area contributed by atoms with Crippen molar-refractivity contribution in [1.82, 2.24) is 4.65 Å². The van der Waals surface area contributed by atoms with Gasteiger partial charge in [0.2, 0.25) is 5.91 Å². The van der Waals surface area contributed by atoms with E-state index >= 15 is 0 Å². The fourth-order valence-corrected chi connectivity index (χ4v) is 2.01. The van der Waals surface area contributed by atoms with Crippen molar-refractivity contribution < 1.29 is 23.6 Å². The molecule has 0 atom stereocenters. The molecule has 2 aromatic rings. The summed E-state index contributed by atoms with van der Waals surface area (Å²) in [7, 11) is 0. The van der Waals surface area contributed by atoms with Gasteiger partial charge in [-0.15, -0.1) is 0 Å². The van der Waals surface area contributed by atoms with Crippen LogP contribution in [0.1, 0.15) is 6.42 Å². The summed E-state index contributed by atoms with van der Waals surface area (Å²) in [5.41, 5.74) is 4.99. The summed E-state index contributed by atoms with van der Waals surface area (Å²) in [5, 5.41) is 10.8. The monoisotopic (exact) mass is 307 g/mol. The molecule has 22 heavy (non-hydrogen) atoms. The highest BCUT2D eigenvalue weighted by Crippen LogP contribution is 2.33. The van der Waals surface area contributed by atoms with E-state index in [9.17, 15) is 23.6 Å². The van der Waals surface area contributed by atoms with Crippen molar-refractivity contribution in [1.29, 1.82) is 0 Å². The number of rotatable bonds is 4. The Labute approximate surface area is 124 Å². The molecule has 0 aliphatic rings. The van der Waals surface area contributed by atoms with E-state index in [4.69, 9.17) is 5.73 Å². The number of quaternary nitrogens is 1. The van der Waals surface area contributed by atoms with Crippen LogP contribution in [-0.2, 0) is 9.59 Å². The van der Waals surface area contributed by atoms with Crippen molar-refractivity contribution in [3.63, 3.8) is 0 Å². The molecule has 0 fully saturated rings. The van der Waals surface area contributed by atoms with Crippen LogP contribution < -0.4 is 10.4 Å². The average molecular weight is 307 g/mol. The number of primary amides is 1. The molecule has 0 saturated heterocycles. The van der Waals surface area contributed by atoms with Crippen LogP contribution in [0.3, 0.4) is 0 Å². The highest BCUT2D eigenvalue weighted by Gasteiger charge is 2.42. The fraction of sp³-hybridized carbons (Fsp3) is 0.0667. The lowest BCUT2D eigenvalue weighted by Crippen LogP contribution is -2.48. The van der Waals surface area contributed by atoms with Gasteiger partial charge in [0.1, 0.15) is 18.1 Å². The average Bonchev–Trinajstić information content (AvgIpc) is 2.47. The first-order valence-corrected chi connectivity index (χ1v) is 6.30. The number of amides is 2. The first kappa shape index (κ1) is 15.7. The van der Waals surface area contributed by atoms with E-state index < -0.39 is 34.5 Å². The Morgan fingerprint density at radius 2 is 1.27 bits per heavy atom. The van der Waals surface area contributed by atoms with Gasteiger partial charge in [-0.05, 0) is 24.3 Å². The molecule has 0 radical (unpaired) electrons. The highest BCUT2D eigenvalue weighted by molar-refractivity contribution is 6.03. The SMILES string of the molecule is NC(=O)CC(=O)[N+](O)(c1ccc(F)cc1)c1ccc(F)cc1. The van der Waals surface area contributed by atoms with Gasteiger partial charge in [0.15, 0.2) is 11.4 Å². The summed E-state index contributed by atoms with van der Waals surface area (Å²) in [6.07, 6.45) is -0.731. The molecule has 7 heteroatoms. The van der Waals surface area contributed by atoms with E-state index in [1.165, 1.54) is 24.3 Å². The number of benzene rings is 2. The molecule has 3 N–H and O–H groups in total. The maximum atomic E-state index is 13.0. The number of nitrogens with zero attached hydrogens (tertiary/aromatic N) is 1. The number of halogens is 2. The van der Waals surface area contributed by atoms with Gasteiger partial charge in [-0.1, -0.05) is 4.65 Å². The Bertz CT molecular complexity index is 654. The molecular formula is C15H13F2N2O3+. The van der Waals surface area contributed by atoms with Gasteiger partial charge in [-0.25, -0.2) is 13.6 Å². The Hall–Kier alpha value is -2.64. The molecule has 0 unspecified atom stereocenters. The van der Waals surface area contributed by atoms with Gasteiger partial charge in [0, 0.05) is 24.3 Å². The number of hydrogen-bond donors (Lipinski definition) is 2. The molecule has 0 aromatic heterocycles. The Morgan fingerprint density at radius 3 is 1.59 bits per heavy atom. The largest absolute Gasteiger partial charge is 0.369 e. The van der Waals surface area contributed by atoms with Crippen molar-refractivity contribution >= 4 is 23.2 Å². The first-order chi connectivity index (χ1) is 10.3. The number of hydrogen-bond acceptors (Lipinski definition) is 3. The Balaban J connectivity index is 2.57. The standard InChI is InChI=1S/C15H12F2N2O3/c16-10-1-5-12(6-2-10)19(22,15(21)9-14(18)20)13-7-3-11(17)4-8-13/h1-8,22H,9H2,(H-,18,20)/p+1. The predicted molar refractivity (Wildman–Crippen MR) is 74.9 cm³/mol. The van der Waals surface area contributed by atoms with Gasteiger partial charge < -0.3 is 5.73 Å². The Kier molecular flexibility index (Phi) is 4.30. The molecule has 2 amide bonds. The highest BCUT2D eigenvalue weighted by atomic mass is 19.1. The second-order valence-electron chi connectivity index (χ2n) is 4.63. The lowest BCUT2D eigenvalue weighted by molar-refractivity contribution is -0.151. The second kappa shape index (κ2) is 6.00. The topological polar surface area (TPSA) is 80.4 Å². The van der Waals surface area contributed by atoms with Crippen LogP contribution in [0.15, 0.2) is 48.5 Å². The van der Waals surface area contributed by atoms with Crippen molar-refractivity contribution in [3.8, 4) is 0 Å². The van der Waals surface area contributed by atoms with Crippen molar-refractivity contribution in [3.05, 3.63) is 60.2 Å². The lowest BCUT2D eigenvalue weighted by atomic mass is 10.2. The number of nitrogens with two attached hydrogens (primary N) is 1. The van der Waals surface area contributed by atoms with Crippen LogP contribution in [0, 0.1) is 11.6 Å². The molecule has 0 bridgehead atoms. The minimum atomic E-state index is -1.41. The van der Waals surface area contributed by atoms with Gasteiger partial charge in [0.05, 0.1) is 0 Å². The molecule has 0 saturated carbocycles. The second-order valence-corrected chi connectivity index (χ2v) is 4.63. The fourth-order valence-electron chi connectivity index (χ4n) is 2.01. The van der Waals surface area contributed by atoms with Crippen LogP contribution in [0.5, 0.6) is 0 Å². The molecule has 0 aliphatic carbocycles. The van der Waals surface area contributed by atoms with E-state index in [1.54, 1.807) is 0 Å². The number of carbonyl (C=O) groups excluding carboxylic acids is 2. The van der Waals surface area contributed by atoms with Crippen molar-refractivity contribution in [2.24, 2.45) is 5.73 Å². The van der Waals surface area contributed by atoms with E-state index in [2.05, 4.69) is 0 Å². The normalized spacial score (nSPS) is 11.2. The van der Waals surface area contributed by atoms with Crippen LogP contribution in [-0.4, -0.2) is 17.0 Å². The van der Waals surface area contributed by atoms with E-state index in [0.717, 1.165) is 24.3 Å². The van der Waals surface area contributed by atoms with Gasteiger partial charge in [-0.2, -0.15) is 5.21 Å². The van der Waals surface area contributed by atoms with Crippen LogP contribution >= 0.6 is 0 Å². The minimum absolute atomic E-state index is 0.000687. The third kappa shape index (κ3) is 3.00. The van der Waals surface area contributed by atoms with Crippen LogP contribution in [0.4, 0.5) is 20.2 Å². The van der Waals surface area contributed by atoms with E-state index in [0.29, 0.717) is 0 Å². The molecule has 2 aromatic carbocycles. The maximum Gasteiger partial charge on any atom is 0.365 e. The molecule has 0 heterocycles. The zero-order chi connectivity index (χ0) is 16.3. The summed E-state index contributed by atoms with van der Waals surface area (Å²) >= 11 is 0. The third-order valence-electron chi connectivity index (χ3n) is 3.09. The molecule has 0 aliphatic heterocycles. The quantitative estimate of drug-likeness (QED) is 0.394. The summed E-state index contributed by atoms with van der Waals surface area (Å²) in [5.74, 6) is -2.98. The maximum absolute atomic E-state index is 13.0. The lowest BCUT2D eigenvalue weighted by Gasteiger charge is -2.26. The van der Waals surface area contributed by atoms with E-state index in [1.807, 2.05) is 0 Å². The van der Waals surface area contributed by atoms with Crippen molar-refractivity contribution in [2.75, 3.05) is 0 Å². The Morgan fingerprint density at radius 1 is 0.909 bits per heavy atom. The molecule has 0 spiro atoms. The van der Waals surface area contributed by atoms with Crippen LogP contribution in [0.2, 0.25) is 0 Å². The summed E-state index contributed by atoms with van der Waals surface area (Å²) < 4.78 is 24.7. The number of hydroxylamine groups is 1. The zero-order valence-corrected chi connectivity index (χ0v) is 11.4. The molecular weight excluding hydrogens is 294 g/mol. The smallest absolute Gasteiger partial charge is 0.365 e. The van der Waals surface area contributed by atoms with Gasteiger partial charge >= 0.3 is 5.91 Å². The third-order valence-corrected chi connectivity index (χ3v) is 3.09. The van der Waals surface area contributed by atoms with E-state index in [-0.39, 0.29) is 11.4 Å². The predicted octanol–water partition coefficient (Wildman–Crippen LogP) is 2.39. The summed E-state index contributed by atoms with van der Waals surface area (Å²) in [6, 6.07) is 8.99. The van der Waals surface area contributed by atoms with Gasteiger partial charge in [0.25, 0.3) is 0 Å². The molecule has 114 valence electrons. The van der Waals surface area contributed by atoms with Gasteiger partial charge in [-0.3, -0.25) is 4.79 Å². The molecule has 5 nitrogen and oxygen atoms in total. The molecule has 2 rings (SSSR count). The summed E-state index contributed by atoms with van der Waals surface area (Å²) in [4.78, 5) is 23.3. The zero-order valence-electron chi connectivity index (χ0n) is 11.4. The van der Waals surface area contributed by atoms with Crippen LogP contribution in [0.25, 0.3) is 0 Å². The first-order valence-electron chi connectivity index (χ1n) is 6.30. The summed E-state index contributed by atoms with van der Waals surface area (Å²) in [6.45, 7) is 0. The minimum Gasteiger partial charge on any atom is -0.369 e.